The minimum atomic E-state index is 0. The topological polar surface area (TPSA) is 0 Å². The molecule has 170 valence electrons. The van der Waals surface area contributed by atoms with Crippen LogP contribution in [0.4, 0.5) is 0 Å². The van der Waals surface area contributed by atoms with E-state index in [1.807, 2.05) is 36.4 Å². The first-order valence-corrected chi connectivity index (χ1v) is 11.5. The second kappa shape index (κ2) is 18.0. The summed E-state index contributed by atoms with van der Waals surface area (Å²) in [5.74, 6) is 0.551. The van der Waals surface area contributed by atoms with Gasteiger partial charge in [0.15, 0.2) is 0 Å². The molecule has 3 heteroatoms. The smallest absolute Gasteiger partial charge is 0.0253 e. The van der Waals surface area contributed by atoms with Crippen LogP contribution in [-0.4, -0.2) is 4.21 Å². The Kier molecular flexibility index (Phi) is 18.3. The average Bonchev–Trinajstić information content (AvgIpc) is 3.30. The zero-order valence-corrected chi connectivity index (χ0v) is 23.4. The van der Waals surface area contributed by atoms with E-state index in [0.717, 1.165) is 6.42 Å². The Morgan fingerprint density at radius 1 is 0.844 bits per heavy atom. The minimum absolute atomic E-state index is 0. The van der Waals surface area contributed by atoms with E-state index < -0.39 is 0 Å². The molecule has 0 radical (unpaired) electrons. The Morgan fingerprint density at radius 3 is 1.94 bits per heavy atom. The van der Waals surface area contributed by atoms with Crippen molar-refractivity contribution < 1.29 is 24.2 Å². The summed E-state index contributed by atoms with van der Waals surface area (Å²) in [6.07, 6.45) is 6.57. The van der Waals surface area contributed by atoms with E-state index in [9.17, 15) is 0 Å². The van der Waals surface area contributed by atoms with Crippen LogP contribution in [0.1, 0.15) is 31.9 Å². The van der Waals surface area contributed by atoms with Crippen LogP contribution in [0.25, 0.3) is 11.1 Å². The van der Waals surface area contributed by atoms with Gasteiger partial charge in [-0.2, -0.15) is 72.3 Å². The molecular weight excluding hydrogens is 510 g/mol. The third-order valence-electron chi connectivity index (χ3n) is 4.76. The van der Waals surface area contributed by atoms with Gasteiger partial charge < -0.3 is 7.43 Å². The number of benzene rings is 3. The molecule has 1 unspecified atom stereocenters. The summed E-state index contributed by atoms with van der Waals surface area (Å²) >= 11 is 1.30. The molecule has 32 heavy (non-hydrogen) atoms. The van der Waals surface area contributed by atoms with Crippen molar-refractivity contribution in [2.45, 2.75) is 27.2 Å². The van der Waals surface area contributed by atoms with Gasteiger partial charge in [-0.25, -0.2) is 11.1 Å². The molecule has 0 aliphatic heterocycles. The van der Waals surface area contributed by atoms with Gasteiger partial charge in [0, 0.05) is 0 Å². The maximum Gasteiger partial charge on any atom is -0.0253 e. The van der Waals surface area contributed by atoms with E-state index in [1.165, 1.54) is 57.6 Å². The number of hydrogen-bond donors (Lipinski definition) is 0. The summed E-state index contributed by atoms with van der Waals surface area (Å²) < 4.78 is 3.34. The third-order valence-corrected chi connectivity index (χ3v) is 4.76. The Balaban J connectivity index is 0. The number of fused-ring (bicyclic) bond motifs is 3. The van der Waals surface area contributed by atoms with Gasteiger partial charge >= 0.3 is 28.4 Å². The summed E-state index contributed by atoms with van der Waals surface area (Å²) in [7, 11) is 0. The Morgan fingerprint density at radius 2 is 1.47 bits per heavy atom. The van der Waals surface area contributed by atoms with Crippen molar-refractivity contribution in [1.29, 1.82) is 0 Å². The third kappa shape index (κ3) is 9.95. The van der Waals surface area contributed by atoms with Gasteiger partial charge in [0.1, 0.15) is 0 Å². The summed E-state index contributed by atoms with van der Waals surface area (Å²) in [5, 5.41) is 0. The zero-order chi connectivity index (χ0) is 21.1. The first-order chi connectivity index (χ1) is 14.1. The molecule has 0 fully saturated rings. The van der Waals surface area contributed by atoms with Crippen LogP contribution in [0.3, 0.4) is 0 Å². The van der Waals surface area contributed by atoms with Gasteiger partial charge in [-0.05, 0) is 6.42 Å². The molecule has 5 rings (SSSR count). The van der Waals surface area contributed by atoms with Crippen molar-refractivity contribution >= 4 is 29.0 Å². The monoisotopic (exact) mass is 540 g/mol. The quantitative estimate of drug-likeness (QED) is 0.197. The summed E-state index contributed by atoms with van der Waals surface area (Å²) in [6, 6.07) is 30.6. The molecule has 1 atom stereocenters. The van der Waals surface area contributed by atoms with Gasteiger partial charge in [-0.15, -0.1) is 37.3 Å². The van der Waals surface area contributed by atoms with Crippen LogP contribution < -0.4 is 0 Å². The van der Waals surface area contributed by atoms with Crippen LogP contribution in [0, 0.1) is 31.6 Å². The molecule has 0 saturated heterocycles. The van der Waals surface area contributed by atoms with Gasteiger partial charge in [-0.1, -0.05) is 55.2 Å². The van der Waals surface area contributed by atoms with Crippen LogP contribution in [-0.2, 0) is 30.7 Å². The molecule has 0 saturated carbocycles. The van der Waals surface area contributed by atoms with Gasteiger partial charge in [-0.3, -0.25) is 6.08 Å². The molecule has 0 aromatic heterocycles. The number of halogens is 2. The van der Waals surface area contributed by atoms with Crippen molar-refractivity contribution in [2.24, 2.45) is 5.92 Å². The molecular formula is C29H32Cl2Zr-4. The summed E-state index contributed by atoms with van der Waals surface area (Å²) in [6.45, 7) is 6.39. The van der Waals surface area contributed by atoms with Crippen molar-refractivity contribution in [2.75, 3.05) is 0 Å². The second-order valence-electron chi connectivity index (χ2n) is 6.88. The molecule has 0 amide bonds. The van der Waals surface area contributed by atoms with E-state index in [-0.39, 0.29) is 32.2 Å². The van der Waals surface area contributed by atoms with Gasteiger partial charge in [0.05, 0.1) is 0 Å². The molecule has 0 spiro atoms. The van der Waals surface area contributed by atoms with Crippen LogP contribution in [0.2, 0.25) is 0 Å². The first-order valence-electron chi connectivity index (χ1n) is 9.78. The Hall–Kier alpha value is -1.53. The number of hydrogen-bond acceptors (Lipinski definition) is 0. The van der Waals surface area contributed by atoms with E-state index in [2.05, 4.69) is 85.7 Å². The fourth-order valence-corrected chi connectivity index (χ4v) is 3.34. The second-order valence-corrected chi connectivity index (χ2v) is 6.88. The SMILES string of the molecule is CC1=[C-]C(C)C=C1C.Cl.Cl.[CH2]=[Zr].[CH3-].[c-]1cccc2c1Cc1ccccc1-2.[c-]1ccccc1. The number of rotatable bonds is 0. The molecule has 2 aliphatic carbocycles. The van der Waals surface area contributed by atoms with Crippen molar-refractivity contribution in [3.63, 3.8) is 0 Å². The van der Waals surface area contributed by atoms with E-state index in [0.29, 0.717) is 5.92 Å². The average molecular weight is 543 g/mol. The zero-order valence-electron chi connectivity index (χ0n) is 19.3. The molecule has 3 aromatic rings. The maximum absolute atomic E-state index is 3.34. The van der Waals surface area contributed by atoms with Crippen molar-refractivity contribution in [1.82, 2.24) is 0 Å². The maximum atomic E-state index is 3.34. The molecule has 2 aliphatic rings. The van der Waals surface area contributed by atoms with Crippen LogP contribution in [0.5, 0.6) is 0 Å². The van der Waals surface area contributed by atoms with E-state index in [4.69, 9.17) is 0 Å². The van der Waals surface area contributed by atoms with Crippen LogP contribution >= 0.6 is 24.8 Å². The predicted octanol–water partition coefficient (Wildman–Crippen LogP) is 8.14. The molecule has 0 N–H and O–H groups in total. The van der Waals surface area contributed by atoms with E-state index in [1.54, 1.807) is 0 Å². The minimum Gasteiger partial charge on any atom is -0.358 e. The van der Waals surface area contributed by atoms with Gasteiger partial charge in [0.2, 0.25) is 0 Å². The fourth-order valence-electron chi connectivity index (χ4n) is 3.34. The fraction of sp³-hybridized carbons (Fsp3) is 0.172. The predicted molar refractivity (Wildman–Crippen MR) is 142 cm³/mol. The Bertz CT molecular complexity index is 873. The van der Waals surface area contributed by atoms with Crippen molar-refractivity contribution in [3.05, 3.63) is 127 Å². The number of allylic oxidation sites excluding steroid dienone is 4. The molecule has 0 heterocycles. The van der Waals surface area contributed by atoms with Crippen LogP contribution in [0.15, 0.2) is 90.0 Å². The van der Waals surface area contributed by atoms with Crippen molar-refractivity contribution in [3.8, 4) is 11.1 Å². The standard InChI is InChI=1S/C13H9.C8H11.C6H5.CH3.CH2.2ClH.Zr/c1-3-7-12-10(5-1)9-11-6-2-4-8-13(11)12;1-6-4-7(2)8(3)5-6;1-2-4-6-5-3-1;;;;;/h1-5,7-8H,9H2;4,6H,1-3H3;1-5H;1H3;1H2;2*1H;/q4*-1;;;;. The molecule has 0 nitrogen and oxygen atoms in total. The summed E-state index contributed by atoms with van der Waals surface area (Å²) in [5.41, 5.74) is 8.21. The van der Waals surface area contributed by atoms with E-state index >= 15 is 0 Å². The van der Waals surface area contributed by atoms with Gasteiger partial charge in [0.25, 0.3) is 0 Å². The summed E-state index contributed by atoms with van der Waals surface area (Å²) in [4.78, 5) is 0. The largest absolute Gasteiger partial charge is 0.358 e. The molecule has 3 aromatic carbocycles. The Labute approximate surface area is 223 Å². The molecule has 0 bridgehead atoms. The first kappa shape index (κ1) is 32.7. The normalized spacial score (nSPS) is 13.5.